The lowest BCUT2D eigenvalue weighted by Crippen LogP contribution is -1.90. The van der Waals surface area contributed by atoms with Crippen molar-refractivity contribution in [1.29, 1.82) is 0 Å². The number of rotatable bonds is 4. The first kappa shape index (κ1) is 8.95. The molecule has 0 aliphatic carbocycles. The number of aromatic amines is 1. The summed E-state index contributed by atoms with van der Waals surface area (Å²) in [6, 6.07) is 4.06. The van der Waals surface area contributed by atoms with Gasteiger partial charge in [-0.25, -0.2) is 0 Å². The molecule has 0 saturated carbocycles. The van der Waals surface area contributed by atoms with Crippen LogP contribution in [0.3, 0.4) is 0 Å². The number of hydrogen-bond acceptors (Lipinski definition) is 0. The molecule has 1 aromatic rings. The van der Waals surface area contributed by atoms with Crippen LogP contribution in [0.4, 0.5) is 0 Å². The third kappa shape index (κ3) is 3.68. The number of nitrogens with one attached hydrogen (secondary N) is 1. The molecule has 0 aliphatic heterocycles. The van der Waals surface area contributed by atoms with E-state index < -0.39 is 0 Å². The summed E-state index contributed by atoms with van der Waals surface area (Å²) < 4.78 is 0. The molecule has 0 radical (unpaired) electrons. The molecule has 1 aromatic heterocycles. The monoisotopic (exact) mass is 191 g/mol. The van der Waals surface area contributed by atoms with E-state index in [1.807, 2.05) is 12.3 Å². The normalized spacial score (nSPS) is 10.8. The summed E-state index contributed by atoms with van der Waals surface area (Å²) in [7, 11) is 0. The summed E-state index contributed by atoms with van der Waals surface area (Å²) in [4.78, 5) is 2.91. The van der Waals surface area contributed by atoms with Crippen LogP contribution < -0.4 is 0 Å². The van der Waals surface area contributed by atoms with Crippen LogP contribution in [0.2, 0.25) is 0 Å². The second-order valence-electron chi connectivity index (χ2n) is 2.48. The lowest BCUT2D eigenvalue weighted by Gasteiger charge is -1.98. The van der Waals surface area contributed by atoms with Gasteiger partial charge >= 0.3 is 0 Å². The largest absolute Gasteiger partial charge is 0.365 e. The van der Waals surface area contributed by atoms with E-state index in [1.54, 1.807) is 0 Å². The molecule has 0 fully saturated rings. The molecule has 1 heterocycles. The van der Waals surface area contributed by atoms with Crippen molar-refractivity contribution in [3.8, 4) is 0 Å². The molecule has 0 bridgehead atoms. The molecule has 0 aliphatic rings. The Kier molecular flexibility index (Phi) is 3.81. The maximum Gasteiger partial charge on any atom is 0.107 e. The molecule has 62 valence electrons. The summed E-state index contributed by atoms with van der Waals surface area (Å²) in [6.07, 6.45) is 4.86. The van der Waals surface area contributed by atoms with Gasteiger partial charge in [0.15, 0.2) is 0 Å². The van der Waals surface area contributed by atoms with E-state index in [-0.39, 0.29) is 4.84 Å². The van der Waals surface area contributed by atoms with Gasteiger partial charge in [0, 0.05) is 11.9 Å². The third-order valence-corrected chi connectivity index (χ3v) is 1.97. The number of hydrogen-bond donors (Lipinski definition) is 1. The third-order valence-electron chi connectivity index (χ3n) is 1.53. The van der Waals surface area contributed by atoms with Crippen molar-refractivity contribution < 1.29 is 0 Å². The molecule has 0 aromatic carbocycles. The van der Waals surface area contributed by atoms with Gasteiger partial charge in [0.25, 0.3) is 0 Å². The first-order chi connectivity index (χ1) is 5.29. The minimum Gasteiger partial charge on any atom is -0.365 e. The average Bonchev–Trinajstić information content (AvgIpc) is 2.39. The van der Waals surface area contributed by atoms with E-state index in [4.69, 9.17) is 23.2 Å². The van der Waals surface area contributed by atoms with Crippen molar-refractivity contribution in [1.82, 2.24) is 4.98 Å². The molecule has 0 saturated heterocycles. The van der Waals surface area contributed by atoms with Crippen molar-refractivity contribution in [2.45, 2.75) is 24.1 Å². The molecule has 11 heavy (non-hydrogen) atoms. The van der Waals surface area contributed by atoms with Crippen LogP contribution in [0.1, 0.15) is 18.5 Å². The highest BCUT2D eigenvalue weighted by atomic mass is 35.5. The van der Waals surface area contributed by atoms with Gasteiger partial charge in [0.1, 0.15) is 4.84 Å². The fraction of sp³-hybridized carbons (Fsp3) is 0.500. The van der Waals surface area contributed by atoms with Crippen molar-refractivity contribution in [2.75, 3.05) is 0 Å². The zero-order valence-corrected chi connectivity index (χ0v) is 7.70. The SMILES string of the molecule is ClC(Cl)CCCc1ccc[nH]1. The van der Waals surface area contributed by atoms with Crippen LogP contribution in [-0.4, -0.2) is 9.82 Å². The van der Waals surface area contributed by atoms with Crippen LogP contribution in [-0.2, 0) is 6.42 Å². The molecule has 1 rings (SSSR count). The fourth-order valence-electron chi connectivity index (χ4n) is 0.970. The predicted octanol–water partition coefficient (Wildman–Crippen LogP) is 3.14. The van der Waals surface area contributed by atoms with Crippen molar-refractivity contribution in [3.63, 3.8) is 0 Å². The summed E-state index contributed by atoms with van der Waals surface area (Å²) in [5, 5.41) is 0. The van der Waals surface area contributed by atoms with Gasteiger partial charge in [-0.05, 0) is 31.4 Å². The molecule has 0 unspecified atom stereocenters. The predicted molar refractivity (Wildman–Crippen MR) is 49.2 cm³/mol. The maximum atomic E-state index is 5.57. The van der Waals surface area contributed by atoms with Crippen LogP contribution in [0.5, 0.6) is 0 Å². The van der Waals surface area contributed by atoms with Crippen molar-refractivity contribution in [3.05, 3.63) is 24.0 Å². The molecule has 3 heteroatoms. The average molecular weight is 192 g/mol. The van der Waals surface area contributed by atoms with Crippen molar-refractivity contribution in [2.24, 2.45) is 0 Å². The number of halogens is 2. The Balaban J connectivity index is 2.14. The lowest BCUT2D eigenvalue weighted by atomic mass is 10.2. The molecule has 1 nitrogen and oxygen atoms in total. The quantitative estimate of drug-likeness (QED) is 0.705. The maximum absolute atomic E-state index is 5.57. The summed E-state index contributed by atoms with van der Waals surface area (Å²) in [5.41, 5.74) is 1.25. The molecule has 0 atom stereocenters. The van der Waals surface area contributed by atoms with Gasteiger partial charge in [-0.15, -0.1) is 23.2 Å². The Bertz CT molecular complexity index is 182. The minimum atomic E-state index is -0.218. The van der Waals surface area contributed by atoms with Gasteiger partial charge in [0.2, 0.25) is 0 Å². The Morgan fingerprint density at radius 1 is 1.45 bits per heavy atom. The standard InChI is InChI=1S/C8H11Cl2N/c9-8(10)5-1-3-7-4-2-6-11-7/h2,4,6,8,11H,1,3,5H2. The van der Waals surface area contributed by atoms with E-state index in [0.717, 1.165) is 19.3 Å². The van der Waals surface area contributed by atoms with Gasteiger partial charge in [-0.3, -0.25) is 0 Å². The highest BCUT2D eigenvalue weighted by molar-refractivity contribution is 6.44. The highest BCUT2D eigenvalue weighted by Gasteiger charge is 1.98. The first-order valence-electron chi connectivity index (χ1n) is 3.69. The van der Waals surface area contributed by atoms with Gasteiger partial charge < -0.3 is 4.98 Å². The summed E-state index contributed by atoms with van der Waals surface area (Å²) >= 11 is 11.1. The first-order valence-corrected chi connectivity index (χ1v) is 4.57. The number of aryl methyl sites for hydroxylation is 1. The topological polar surface area (TPSA) is 15.8 Å². The zero-order valence-electron chi connectivity index (χ0n) is 6.19. The van der Waals surface area contributed by atoms with Crippen LogP contribution in [0.15, 0.2) is 18.3 Å². The number of alkyl halides is 2. The van der Waals surface area contributed by atoms with Crippen LogP contribution in [0.25, 0.3) is 0 Å². The Morgan fingerprint density at radius 2 is 2.27 bits per heavy atom. The molecule has 0 amide bonds. The van der Waals surface area contributed by atoms with Gasteiger partial charge in [-0.1, -0.05) is 0 Å². The molecular weight excluding hydrogens is 181 g/mol. The Labute approximate surface area is 76.7 Å². The van der Waals surface area contributed by atoms with Gasteiger partial charge in [-0.2, -0.15) is 0 Å². The summed E-state index contributed by atoms with van der Waals surface area (Å²) in [6.45, 7) is 0. The molecule has 0 spiro atoms. The molecular formula is C8H11Cl2N. The van der Waals surface area contributed by atoms with Crippen LogP contribution >= 0.6 is 23.2 Å². The second kappa shape index (κ2) is 4.68. The minimum absolute atomic E-state index is 0.218. The van der Waals surface area contributed by atoms with E-state index in [1.165, 1.54) is 5.69 Å². The second-order valence-corrected chi connectivity index (χ2v) is 3.76. The van der Waals surface area contributed by atoms with E-state index >= 15 is 0 Å². The smallest absolute Gasteiger partial charge is 0.107 e. The zero-order chi connectivity index (χ0) is 8.10. The van der Waals surface area contributed by atoms with Crippen molar-refractivity contribution >= 4 is 23.2 Å². The van der Waals surface area contributed by atoms with E-state index in [0.29, 0.717) is 0 Å². The fourth-order valence-corrected chi connectivity index (χ4v) is 1.28. The lowest BCUT2D eigenvalue weighted by molar-refractivity contribution is 0.765. The number of aromatic nitrogens is 1. The summed E-state index contributed by atoms with van der Waals surface area (Å²) in [5.74, 6) is 0. The number of H-pyrrole nitrogens is 1. The van der Waals surface area contributed by atoms with Gasteiger partial charge in [0.05, 0.1) is 0 Å². The van der Waals surface area contributed by atoms with Crippen LogP contribution in [0, 0.1) is 0 Å². The molecule has 1 N–H and O–H groups in total. The Hall–Kier alpha value is -0.140. The Morgan fingerprint density at radius 3 is 2.82 bits per heavy atom. The van der Waals surface area contributed by atoms with E-state index in [2.05, 4.69) is 11.1 Å². The van der Waals surface area contributed by atoms with E-state index in [9.17, 15) is 0 Å². The highest BCUT2D eigenvalue weighted by Crippen LogP contribution is 2.11.